The molecule has 0 bridgehead atoms. The third kappa shape index (κ3) is 2.04. The van der Waals surface area contributed by atoms with E-state index in [0.717, 1.165) is 0 Å². The van der Waals surface area contributed by atoms with E-state index in [9.17, 15) is 13.2 Å². The Morgan fingerprint density at radius 1 is 1.28 bits per heavy atom. The van der Waals surface area contributed by atoms with Gasteiger partial charge in [0.05, 0.1) is 0 Å². The normalized spacial score (nSPS) is 26.4. The number of benzene rings is 1. The highest BCUT2D eigenvalue weighted by atomic mass is 35.7. The Morgan fingerprint density at radius 3 is 2.50 bits per heavy atom. The van der Waals surface area contributed by atoms with Gasteiger partial charge in [-0.1, -0.05) is 31.0 Å². The topological polar surface area (TPSA) is 0 Å². The summed E-state index contributed by atoms with van der Waals surface area (Å²) in [5.74, 6) is 0. The molecular weight excluding hydrogens is 304 g/mol. The molecule has 18 heavy (non-hydrogen) atoms. The van der Waals surface area contributed by atoms with Crippen molar-refractivity contribution >= 4 is 37.6 Å². The summed E-state index contributed by atoms with van der Waals surface area (Å²) in [5, 5.41) is 0.279. The van der Waals surface area contributed by atoms with E-state index in [4.69, 9.17) is 22.3 Å². The summed E-state index contributed by atoms with van der Waals surface area (Å²) in [7, 11) is 2.57. The minimum atomic E-state index is -4.45. The van der Waals surface area contributed by atoms with Crippen LogP contribution in [0.15, 0.2) is 28.0 Å². The summed E-state index contributed by atoms with van der Waals surface area (Å²) in [6.45, 7) is 1.84. The van der Waals surface area contributed by atoms with Gasteiger partial charge in [-0.2, -0.15) is 13.2 Å². The third-order valence-electron chi connectivity index (χ3n) is 2.77. The first-order valence-electron chi connectivity index (χ1n) is 5.40. The van der Waals surface area contributed by atoms with Crippen molar-refractivity contribution in [2.75, 3.05) is 0 Å². The zero-order chi connectivity index (χ0) is 13.6. The van der Waals surface area contributed by atoms with Crippen LogP contribution in [0, 0.1) is 0 Å². The van der Waals surface area contributed by atoms with Crippen molar-refractivity contribution in [3.05, 3.63) is 33.7 Å². The van der Waals surface area contributed by atoms with Crippen LogP contribution in [0.25, 0.3) is 6.08 Å². The van der Waals surface area contributed by atoms with Crippen LogP contribution in [-0.2, 0) is 0 Å². The Hall–Kier alpha value is -0.320. The quantitative estimate of drug-likeness (QED) is 0.598. The van der Waals surface area contributed by atoms with Gasteiger partial charge in [0.1, 0.15) is 0 Å². The Balaban J connectivity index is 2.62. The second-order valence-corrected chi connectivity index (χ2v) is 8.35. The third-order valence-corrected chi connectivity index (χ3v) is 7.27. The van der Waals surface area contributed by atoms with Crippen LogP contribution in [0.1, 0.15) is 25.3 Å². The maximum absolute atomic E-state index is 13.4. The van der Waals surface area contributed by atoms with Gasteiger partial charge in [-0.15, -0.1) is 0 Å². The molecule has 0 aliphatic carbocycles. The van der Waals surface area contributed by atoms with Gasteiger partial charge in [-0.05, 0) is 55.0 Å². The number of allylic oxidation sites excluding steroid dienone is 1. The summed E-state index contributed by atoms with van der Waals surface area (Å²) in [4.78, 5) is 0.393. The smallest absolute Gasteiger partial charge is 0.160 e. The molecule has 1 aromatic carbocycles. The molecule has 1 heterocycles. The van der Waals surface area contributed by atoms with E-state index >= 15 is 0 Å². The highest BCUT2D eigenvalue weighted by Gasteiger charge is 2.55. The summed E-state index contributed by atoms with van der Waals surface area (Å²) in [5.41, 5.74) is -3.92. The lowest BCUT2D eigenvalue weighted by Crippen LogP contribution is -2.16. The van der Waals surface area contributed by atoms with Gasteiger partial charge in [0.25, 0.3) is 0 Å². The molecule has 100 valence electrons. The number of fused-ring (bicyclic) bond motifs is 1. The van der Waals surface area contributed by atoms with Crippen molar-refractivity contribution in [1.29, 1.82) is 0 Å². The second-order valence-electron chi connectivity index (χ2n) is 4.03. The van der Waals surface area contributed by atoms with Gasteiger partial charge in [-0.25, -0.2) is 0 Å². The van der Waals surface area contributed by atoms with Crippen LogP contribution in [-0.4, -0.2) is 5.51 Å². The fourth-order valence-corrected chi connectivity index (χ4v) is 5.35. The Labute approximate surface area is 115 Å². The molecule has 0 N–H and O–H groups in total. The Kier molecular flexibility index (Phi) is 3.65. The van der Waals surface area contributed by atoms with E-state index in [1.807, 2.05) is 6.92 Å². The molecule has 0 saturated heterocycles. The molecule has 0 amide bonds. The minimum absolute atomic E-state index is 0.118. The van der Waals surface area contributed by atoms with Crippen molar-refractivity contribution in [2.45, 2.75) is 30.2 Å². The van der Waals surface area contributed by atoms with Crippen LogP contribution in [0.2, 0.25) is 5.02 Å². The summed E-state index contributed by atoms with van der Waals surface area (Å²) in [6, 6.07) is 4.51. The predicted octanol–water partition coefficient (Wildman–Crippen LogP) is 6.33. The lowest BCUT2D eigenvalue weighted by molar-refractivity contribution is -0.0359. The molecule has 1 aliphatic heterocycles. The average molecular weight is 315 g/mol. The zero-order valence-electron chi connectivity index (χ0n) is 9.52. The second kappa shape index (κ2) is 4.66. The van der Waals surface area contributed by atoms with Crippen LogP contribution in [0.4, 0.5) is 13.2 Å². The van der Waals surface area contributed by atoms with Crippen molar-refractivity contribution < 1.29 is 13.2 Å². The monoisotopic (exact) mass is 314 g/mol. The summed E-state index contributed by atoms with van der Waals surface area (Å²) in [6.07, 6.45) is 2.54. The molecule has 1 aliphatic rings. The fourth-order valence-electron chi connectivity index (χ4n) is 2.00. The lowest BCUT2D eigenvalue weighted by Gasteiger charge is -2.34. The molecule has 1 aromatic rings. The number of alkyl halides is 3. The minimum Gasteiger partial charge on any atom is -0.160 e. The van der Waals surface area contributed by atoms with E-state index < -0.39 is 14.7 Å². The van der Waals surface area contributed by atoms with Crippen LogP contribution >= 0.6 is 31.5 Å². The van der Waals surface area contributed by atoms with Crippen molar-refractivity contribution in [2.24, 2.45) is 0 Å². The SMILES string of the molecule is CCCC1=Cc2ccc(Cl)cc2S1(Cl)C(F)(F)F. The molecule has 2 rings (SSSR count). The van der Waals surface area contributed by atoms with E-state index in [1.165, 1.54) is 6.07 Å². The zero-order valence-corrected chi connectivity index (χ0v) is 11.9. The number of hydrogen-bond acceptors (Lipinski definition) is 0. The number of rotatable bonds is 2. The molecule has 6 heteroatoms. The first kappa shape index (κ1) is 14.1. The number of hydrogen-bond donors (Lipinski definition) is 0. The molecule has 0 nitrogen and oxygen atoms in total. The van der Waals surface area contributed by atoms with Gasteiger partial charge in [0, 0.05) is 9.92 Å². The van der Waals surface area contributed by atoms with Gasteiger partial charge < -0.3 is 0 Å². The molecule has 0 saturated carbocycles. The van der Waals surface area contributed by atoms with Crippen LogP contribution < -0.4 is 0 Å². The summed E-state index contributed by atoms with van der Waals surface area (Å²) < 4.78 is 40.1. The predicted molar refractivity (Wildman–Crippen MR) is 72.1 cm³/mol. The van der Waals surface area contributed by atoms with E-state index in [2.05, 4.69) is 0 Å². The molecular formula is C12H11Cl2F3S. The van der Waals surface area contributed by atoms with Crippen LogP contribution in [0.3, 0.4) is 0 Å². The molecule has 1 unspecified atom stereocenters. The van der Waals surface area contributed by atoms with Gasteiger partial charge >= 0.3 is 5.51 Å². The van der Waals surface area contributed by atoms with E-state index in [-0.39, 0.29) is 14.8 Å². The number of halogens is 5. The van der Waals surface area contributed by atoms with E-state index in [0.29, 0.717) is 18.4 Å². The molecule has 0 fully saturated rings. The average Bonchev–Trinajstić information content (AvgIpc) is 2.54. The van der Waals surface area contributed by atoms with Gasteiger partial charge in [0.15, 0.2) is 0 Å². The Bertz CT molecular complexity index is 511. The van der Waals surface area contributed by atoms with Gasteiger partial charge in [-0.3, -0.25) is 0 Å². The highest BCUT2D eigenvalue weighted by Crippen LogP contribution is 2.80. The largest absolute Gasteiger partial charge is 0.445 e. The molecule has 0 radical (unpaired) electrons. The fraction of sp³-hybridized carbons (Fsp3) is 0.333. The molecule has 0 spiro atoms. The first-order chi connectivity index (χ1) is 8.30. The first-order valence-corrected chi connectivity index (χ1v) is 8.24. The maximum Gasteiger partial charge on any atom is 0.445 e. The van der Waals surface area contributed by atoms with E-state index in [1.54, 1.807) is 18.2 Å². The standard InChI is InChI=1S/C12H11Cl2F3S/c1-2-3-10-6-8-4-5-9(13)7-11(8)18(10,14)12(15,16)17/h4-7H,2-3H2,1H3. The van der Waals surface area contributed by atoms with Crippen molar-refractivity contribution in [1.82, 2.24) is 0 Å². The molecule has 0 aromatic heterocycles. The Morgan fingerprint density at radius 2 is 1.94 bits per heavy atom. The highest BCUT2D eigenvalue weighted by molar-refractivity contribution is 8.54. The molecule has 1 atom stereocenters. The van der Waals surface area contributed by atoms with Crippen molar-refractivity contribution in [3.8, 4) is 0 Å². The van der Waals surface area contributed by atoms with Gasteiger partial charge in [0.2, 0.25) is 0 Å². The lowest BCUT2D eigenvalue weighted by atomic mass is 10.2. The summed E-state index contributed by atoms with van der Waals surface area (Å²) >= 11 is 5.79. The van der Waals surface area contributed by atoms with Crippen LogP contribution in [0.5, 0.6) is 0 Å². The maximum atomic E-state index is 13.4. The van der Waals surface area contributed by atoms with Crippen molar-refractivity contribution in [3.63, 3.8) is 0 Å².